The molecular formula is C82H166N7O5+. The Morgan fingerprint density at radius 2 is 0.500 bits per heavy atom. The van der Waals surface area contributed by atoms with Crippen molar-refractivity contribution in [1.82, 2.24) is 31.1 Å². The molecule has 0 aromatic rings. The third kappa shape index (κ3) is 63.2. The zero-order valence-electron chi connectivity index (χ0n) is 64.2. The fraction of sp³-hybridized carbons (Fsp3) is 0.951. The number of nitrogens with one attached hydrogen (secondary N) is 4. The molecule has 0 aliphatic rings. The van der Waals surface area contributed by atoms with E-state index < -0.39 is 6.10 Å². The van der Waals surface area contributed by atoms with Gasteiger partial charge in [0.15, 0.2) is 6.54 Å². The highest BCUT2D eigenvalue weighted by Gasteiger charge is 2.38. The van der Waals surface area contributed by atoms with E-state index in [-0.39, 0.29) is 54.4 Å². The van der Waals surface area contributed by atoms with Crippen LogP contribution < -0.4 is 21.3 Å². The molecule has 0 saturated carbocycles. The molecule has 0 spiro atoms. The van der Waals surface area contributed by atoms with Gasteiger partial charge in [-0.25, -0.2) is 9.28 Å². The van der Waals surface area contributed by atoms with Crippen molar-refractivity contribution >= 4 is 23.8 Å². The molecule has 558 valence electrons. The number of hydrogen-bond acceptors (Lipinski definition) is 7. The first-order chi connectivity index (χ1) is 46.1. The van der Waals surface area contributed by atoms with Crippen molar-refractivity contribution in [3.8, 4) is 0 Å². The lowest BCUT2D eigenvalue weighted by molar-refractivity contribution is -0.843. The van der Waals surface area contributed by atoms with E-state index in [1.54, 1.807) is 0 Å². The fourth-order valence-electron chi connectivity index (χ4n) is 13.8. The number of carbonyl (C=O) groups excluding carboxylic acids is 4. The van der Waals surface area contributed by atoms with E-state index in [2.05, 4.69) is 67.7 Å². The Hall–Kier alpha value is -2.28. The zero-order chi connectivity index (χ0) is 68.6. The average Bonchev–Trinajstić information content (AvgIpc) is 0.908. The van der Waals surface area contributed by atoms with Crippen LogP contribution >= 0.6 is 0 Å². The van der Waals surface area contributed by atoms with Crippen LogP contribution in [0, 0.1) is 0 Å². The minimum atomic E-state index is -0.758. The van der Waals surface area contributed by atoms with Crippen LogP contribution in [0.25, 0.3) is 0 Å². The lowest BCUT2D eigenvalue weighted by Crippen LogP contribution is -2.62. The van der Waals surface area contributed by atoms with Crippen molar-refractivity contribution in [3.05, 3.63) is 0 Å². The smallest absolute Gasteiger partial charge is 0.390 e. The number of carbonyl (C=O) groups is 4. The summed E-state index contributed by atoms with van der Waals surface area (Å²) in [5, 5.41) is 25.1. The van der Waals surface area contributed by atoms with Gasteiger partial charge in [-0.05, 0) is 70.9 Å². The number of unbranched alkanes of at least 4 members (excludes halogenated alkanes) is 51. The quantitative estimate of drug-likeness (QED) is 0.0301. The van der Waals surface area contributed by atoms with Crippen molar-refractivity contribution in [3.63, 3.8) is 0 Å². The van der Waals surface area contributed by atoms with Crippen molar-refractivity contribution in [2.75, 3.05) is 85.1 Å². The van der Waals surface area contributed by atoms with Gasteiger partial charge < -0.3 is 31.3 Å². The number of aliphatic hydroxyl groups excluding tert-OH is 1. The monoisotopic (exact) mass is 1330 g/mol. The van der Waals surface area contributed by atoms with E-state index in [1.165, 1.54) is 283 Å². The Balaban J connectivity index is 6.55. The third-order valence-corrected chi connectivity index (χ3v) is 20.0. The summed E-state index contributed by atoms with van der Waals surface area (Å²) in [5.74, 6) is -0.185. The molecule has 0 aromatic carbocycles. The summed E-state index contributed by atoms with van der Waals surface area (Å²) >= 11 is 0. The first kappa shape index (κ1) is 91.7. The Bertz CT molecular complexity index is 1570. The molecule has 2 atom stereocenters. The number of nitrogens with zero attached hydrogens (tertiary/aromatic N) is 3. The molecule has 0 saturated heterocycles. The summed E-state index contributed by atoms with van der Waals surface area (Å²) in [6.07, 6.45) is 70.0. The summed E-state index contributed by atoms with van der Waals surface area (Å²) in [7, 11) is 0. The number of quaternary nitrogens is 1. The second-order valence-electron chi connectivity index (χ2n) is 29.5. The van der Waals surface area contributed by atoms with Gasteiger partial charge in [-0.2, -0.15) is 0 Å². The molecule has 0 aromatic heterocycles. The second-order valence-corrected chi connectivity index (χ2v) is 29.5. The summed E-state index contributed by atoms with van der Waals surface area (Å²) in [5.41, 5.74) is 0. The molecule has 0 aliphatic carbocycles. The molecule has 0 aliphatic heterocycles. The van der Waals surface area contributed by atoms with Crippen LogP contribution in [0.5, 0.6) is 0 Å². The van der Waals surface area contributed by atoms with E-state index in [9.17, 15) is 24.3 Å². The Morgan fingerprint density at radius 1 is 0.277 bits per heavy atom. The molecule has 0 fully saturated rings. The van der Waals surface area contributed by atoms with Gasteiger partial charge in [-0.15, -0.1) is 0 Å². The van der Waals surface area contributed by atoms with E-state index >= 15 is 0 Å². The standard InChI is InChI=1S/C82H165N7O5/c1-7-13-19-25-31-37-39-41-43-49-55-61-69-87(73-78(90)74-88(75-79(91)83-65-57-51-45-33-27-21-15-9-3)76-80(92)84-66-58-52-46-34-28-22-16-10-4)70-62-64-72-89(82(94)86-68-60-54-48-36-30-24-18-12-6,71-63-56-50-44-42-40-38-32-26-20-14-8-2)77-81(93)85-67-59-53-47-35-29-23-17-11-5/h78,90H,7-77H2,1-6H3,(H3-,83,84,85,86,91,92,93,94)/p+1. The van der Waals surface area contributed by atoms with Crippen molar-refractivity contribution < 1.29 is 28.8 Å². The van der Waals surface area contributed by atoms with Crippen LogP contribution in [0.4, 0.5) is 4.79 Å². The molecule has 5 N–H and O–H groups in total. The lowest BCUT2D eigenvalue weighted by atomic mass is 10.0. The second kappa shape index (κ2) is 73.4. The van der Waals surface area contributed by atoms with Crippen LogP contribution in [0.1, 0.15) is 414 Å². The molecule has 94 heavy (non-hydrogen) atoms. The average molecular weight is 1330 g/mol. The van der Waals surface area contributed by atoms with Crippen LogP contribution in [0.2, 0.25) is 0 Å². The fourth-order valence-corrected chi connectivity index (χ4v) is 13.8. The number of aliphatic hydroxyl groups is 1. The Kier molecular flexibility index (Phi) is 71.7. The van der Waals surface area contributed by atoms with Crippen molar-refractivity contribution in [2.24, 2.45) is 0 Å². The number of hydrogen-bond donors (Lipinski definition) is 5. The molecule has 12 heteroatoms. The zero-order valence-corrected chi connectivity index (χ0v) is 64.2. The van der Waals surface area contributed by atoms with Gasteiger partial charge in [-0.1, -0.05) is 356 Å². The number of rotatable bonds is 77. The van der Waals surface area contributed by atoms with Crippen LogP contribution in [-0.2, 0) is 14.4 Å². The SMILES string of the molecule is CCCCCCCCCCCCCCN(CCCC[N+](CCCCCCCCCCCCCC)(CC(=O)NCCCCCCCCCC)C(=O)NCCCCCCCCCC)CC(O)CN(CC(=O)NCCCCCCCCCC)CC(=O)NCCCCCCCCCC. The first-order valence-corrected chi connectivity index (χ1v) is 42.2. The summed E-state index contributed by atoms with van der Waals surface area (Å²) < 4.78 is 0.149. The maximum Gasteiger partial charge on any atom is 0.417 e. The molecule has 0 radical (unpaired) electrons. The molecule has 2 unspecified atom stereocenters. The maximum atomic E-state index is 15.0. The van der Waals surface area contributed by atoms with E-state index in [0.29, 0.717) is 45.8 Å². The summed E-state index contributed by atoms with van der Waals surface area (Å²) in [6.45, 7) is 20.1. The normalized spacial score (nSPS) is 12.6. The summed E-state index contributed by atoms with van der Waals surface area (Å²) in [6, 6.07) is 0.0146. The molecule has 0 rings (SSSR count). The van der Waals surface area contributed by atoms with Gasteiger partial charge in [0.25, 0.3) is 5.91 Å². The Morgan fingerprint density at radius 3 is 0.809 bits per heavy atom. The molecule has 5 amide bonds. The van der Waals surface area contributed by atoms with Crippen LogP contribution in [0.15, 0.2) is 0 Å². The molecule has 12 nitrogen and oxygen atoms in total. The molecule has 0 heterocycles. The molecule has 0 bridgehead atoms. The first-order valence-electron chi connectivity index (χ1n) is 42.2. The highest BCUT2D eigenvalue weighted by molar-refractivity contribution is 5.81. The predicted molar refractivity (Wildman–Crippen MR) is 408 cm³/mol. The Labute approximate surface area is 585 Å². The highest BCUT2D eigenvalue weighted by atomic mass is 16.3. The van der Waals surface area contributed by atoms with Gasteiger partial charge in [0, 0.05) is 39.3 Å². The van der Waals surface area contributed by atoms with E-state index in [4.69, 9.17) is 0 Å². The predicted octanol–water partition coefficient (Wildman–Crippen LogP) is 21.6. The van der Waals surface area contributed by atoms with Gasteiger partial charge in [0.2, 0.25) is 11.8 Å². The lowest BCUT2D eigenvalue weighted by Gasteiger charge is -2.36. The van der Waals surface area contributed by atoms with Crippen molar-refractivity contribution in [1.29, 1.82) is 0 Å². The van der Waals surface area contributed by atoms with Gasteiger partial charge in [0.1, 0.15) is 0 Å². The largest absolute Gasteiger partial charge is 0.417 e. The number of urea groups is 1. The van der Waals surface area contributed by atoms with Gasteiger partial charge in [-0.3, -0.25) is 19.3 Å². The number of amides is 5. The van der Waals surface area contributed by atoms with Crippen LogP contribution in [0.3, 0.4) is 0 Å². The van der Waals surface area contributed by atoms with Crippen LogP contribution in [-0.4, -0.2) is 134 Å². The topological polar surface area (TPSA) is 143 Å². The third-order valence-electron chi connectivity index (χ3n) is 20.0. The minimum absolute atomic E-state index is 0.00548. The van der Waals surface area contributed by atoms with E-state index in [0.717, 1.165) is 103 Å². The summed E-state index contributed by atoms with van der Waals surface area (Å²) in [4.78, 5) is 60.7. The molecular weight excluding hydrogens is 1160 g/mol. The minimum Gasteiger partial charge on any atom is -0.390 e. The van der Waals surface area contributed by atoms with E-state index in [1.807, 2.05) is 4.90 Å². The maximum absolute atomic E-state index is 15.0. The van der Waals surface area contributed by atoms with Gasteiger partial charge in [0.05, 0.1) is 32.3 Å². The van der Waals surface area contributed by atoms with Crippen molar-refractivity contribution in [2.45, 2.75) is 420 Å². The van der Waals surface area contributed by atoms with Gasteiger partial charge >= 0.3 is 6.03 Å². The highest BCUT2D eigenvalue weighted by Crippen LogP contribution is 2.20.